The van der Waals surface area contributed by atoms with Crippen molar-refractivity contribution in [3.63, 3.8) is 0 Å². The molecular weight excluding hydrogens is 360 g/mol. The van der Waals surface area contributed by atoms with Crippen molar-refractivity contribution in [2.45, 2.75) is 6.42 Å². The van der Waals surface area contributed by atoms with E-state index < -0.39 is 24.4 Å². The van der Waals surface area contributed by atoms with Crippen LogP contribution in [0, 0.1) is 0 Å². The van der Waals surface area contributed by atoms with E-state index in [9.17, 15) is 19.2 Å². The topological polar surface area (TPSA) is 92.8 Å². The summed E-state index contributed by atoms with van der Waals surface area (Å²) in [5, 5.41) is 2.14. The van der Waals surface area contributed by atoms with Gasteiger partial charge in [0.2, 0.25) is 0 Å². The SMILES string of the molecule is C=C1c2ccccc2C(=O)N1CCC(=O)OCC(=O)NC(=O)c1ccccc1. The number of benzene rings is 2. The maximum atomic E-state index is 12.4. The fourth-order valence-corrected chi connectivity index (χ4v) is 2.82. The van der Waals surface area contributed by atoms with Crippen LogP contribution in [0.3, 0.4) is 0 Å². The van der Waals surface area contributed by atoms with E-state index in [1.165, 1.54) is 4.90 Å². The largest absolute Gasteiger partial charge is 0.456 e. The van der Waals surface area contributed by atoms with E-state index in [1.807, 2.05) is 6.07 Å². The molecule has 28 heavy (non-hydrogen) atoms. The van der Waals surface area contributed by atoms with E-state index in [0.717, 1.165) is 5.56 Å². The summed E-state index contributed by atoms with van der Waals surface area (Å²) in [6.45, 7) is 3.41. The molecule has 7 heteroatoms. The summed E-state index contributed by atoms with van der Waals surface area (Å²) in [6, 6.07) is 15.3. The first-order valence-electron chi connectivity index (χ1n) is 8.62. The molecule has 0 fully saturated rings. The normalized spacial score (nSPS) is 12.5. The van der Waals surface area contributed by atoms with Gasteiger partial charge in [-0.2, -0.15) is 0 Å². The number of hydrogen-bond acceptors (Lipinski definition) is 5. The van der Waals surface area contributed by atoms with E-state index in [1.54, 1.807) is 48.5 Å². The average Bonchev–Trinajstić information content (AvgIpc) is 2.96. The minimum Gasteiger partial charge on any atom is -0.456 e. The number of imide groups is 1. The first kappa shape index (κ1) is 19.0. The van der Waals surface area contributed by atoms with Gasteiger partial charge in [0.1, 0.15) is 0 Å². The Hall–Kier alpha value is -3.74. The predicted octanol–water partition coefficient (Wildman–Crippen LogP) is 2.00. The van der Waals surface area contributed by atoms with Crippen molar-refractivity contribution in [1.29, 1.82) is 0 Å². The second-order valence-corrected chi connectivity index (χ2v) is 6.10. The highest BCUT2D eigenvalue weighted by molar-refractivity contribution is 6.09. The second kappa shape index (κ2) is 8.30. The third-order valence-electron chi connectivity index (χ3n) is 4.23. The Morgan fingerprint density at radius 1 is 0.964 bits per heavy atom. The molecule has 3 amide bonds. The number of fused-ring (bicyclic) bond motifs is 1. The zero-order valence-corrected chi connectivity index (χ0v) is 15.0. The zero-order chi connectivity index (χ0) is 20.1. The van der Waals surface area contributed by atoms with E-state index >= 15 is 0 Å². The van der Waals surface area contributed by atoms with E-state index in [-0.39, 0.29) is 18.9 Å². The van der Waals surface area contributed by atoms with Crippen LogP contribution in [0.5, 0.6) is 0 Å². The number of carbonyl (C=O) groups is 4. The molecule has 0 bridgehead atoms. The third kappa shape index (κ3) is 4.15. The highest BCUT2D eigenvalue weighted by Gasteiger charge is 2.30. The van der Waals surface area contributed by atoms with Crippen molar-refractivity contribution in [2.75, 3.05) is 13.2 Å². The molecule has 3 rings (SSSR count). The Balaban J connectivity index is 1.44. The minimum atomic E-state index is -0.726. The first-order chi connectivity index (χ1) is 13.5. The predicted molar refractivity (Wildman–Crippen MR) is 101 cm³/mol. The van der Waals surface area contributed by atoms with Gasteiger partial charge in [-0.1, -0.05) is 43.0 Å². The lowest BCUT2D eigenvalue weighted by Crippen LogP contribution is -2.34. The maximum Gasteiger partial charge on any atom is 0.308 e. The van der Waals surface area contributed by atoms with Crippen LogP contribution in [-0.4, -0.2) is 41.7 Å². The Morgan fingerprint density at radius 3 is 2.29 bits per heavy atom. The van der Waals surface area contributed by atoms with E-state index in [2.05, 4.69) is 11.9 Å². The smallest absolute Gasteiger partial charge is 0.308 e. The fourth-order valence-electron chi connectivity index (χ4n) is 2.82. The summed E-state index contributed by atoms with van der Waals surface area (Å²) in [5.74, 6) is -2.17. The fraction of sp³-hybridized carbons (Fsp3) is 0.143. The van der Waals surface area contributed by atoms with Gasteiger partial charge in [0, 0.05) is 28.9 Å². The number of ether oxygens (including phenoxy) is 1. The summed E-state index contributed by atoms with van der Waals surface area (Å²) in [4.78, 5) is 49.3. The maximum absolute atomic E-state index is 12.4. The van der Waals surface area contributed by atoms with Gasteiger partial charge < -0.3 is 9.64 Å². The lowest BCUT2D eigenvalue weighted by molar-refractivity contribution is -0.148. The monoisotopic (exact) mass is 378 g/mol. The molecule has 142 valence electrons. The molecule has 0 radical (unpaired) electrons. The molecule has 0 atom stereocenters. The number of nitrogens with zero attached hydrogens (tertiary/aromatic N) is 1. The van der Waals surface area contributed by atoms with Gasteiger partial charge in [0.05, 0.1) is 6.42 Å². The minimum absolute atomic E-state index is 0.0930. The second-order valence-electron chi connectivity index (χ2n) is 6.10. The lowest BCUT2D eigenvalue weighted by Gasteiger charge is -2.16. The Morgan fingerprint density at radius 2 is 1.61 bits per heavy atom. The first-order valence-corrected chi connectivity index (χ1v) is 8.62. The van der Waals surface area contributed by atoms with Crippen LogP contribution in [0.2, 0.25) is 0 Å². The number of esters is 1. The van der Waals surface area contributed by atoms with Crippen LogP contribution in [0.4, 0.5) is 0 Å². The van der Waals surface area contributed by atoms with Crippen LogP contribution < -0.4 is 5.32 Å². The van der Waals surface area contributed by atoms with Crippen LogP contribution in [0.25, 0.3) is 5.70 Å². The van der Waals surface area contributed by atoms with Crippen LogP contribution in [0.1, 0.15) is 32.7 Å². The molecule has 0 aliphatic carbocycles. The molecule has 1 heterocycles. The van der Waals surface area contributed by atoms with E-state index in [0.29, 0.717) is 16.8 Å². The number of carbonyl (C=O) groups excluding carboxylic acids is 4. The molecule has 0 aromatic heterocycles. The number of nitrogens with one attached hydrogen (secondary N) is 1. The number of amides is 3. The highest BCUT2D eigenvalue weighted by atomic mass is 16.5. The summed E-state index contributed by atoms with van der Waals surface area (Å²) in [5.41, 5.74) is 2.13. The van der Waals surface area contributed by atoms with Crippen molar-refractivity contribution in [2.24, 2.45) is 0 Å². The van der Waals surface area contributed by atoms with Crippen molar-refractivity contribution in [3.8, 4) is 0 Å². The molecule has 0 saturated heterocycles. The molecular formula is C21H18N2O5. The van der Waals surface area contributed by atoms with Gasteiger partial charge in [0.25, 0.3) is 17.7 Å². The van der Waals surface area contributed by atoms with Gasteiger partial charge in [-0.15, -0.1) is 0 Å². The number of rotatable bonds is 6. The van der Waals surface area contributed by atoms with E-state index in [4.69, 9.17) is 4.74 Å². The highest BCUT2D eigenvalue weighted by Crippen LogP contribution is 2.31. The average molecular weight is 378 g/mol. The van der Waals surface area contributed by atoms with Gasteiger partial charge in [-0.05, 0) is 18.2 Å². The van der Waals surface area contributed by atoms with Gasteiger partial charge in [-0.3, -0.25) is 24.5 Å². The van der Waals surface area contributed by atoms with Gasteiger partial charge in [-0.25, -0.2) is 0 Å². The molecule has 1 N–H and O–H groups in total. The number of hydrogen-bond donors (Lipinski definition) is 1. The molecule has 1 aliphatic rings. The van der Waals surface area contributed by atoms with Crippen molar-refractivity contribution in [3.05, 3.63) is 77.9 Å². The Labute approximate surface area is 161 Å². The standard InChI is InChI=1S/C21H18N2O5/c1-14-16-9-5-6-10-17(16)21(27)23(14)12-11-19(25)28-13-18(24)22-20(26)15-7-3-2-4-8-15/h2-10H,1,11-13H2,(H,22,24,26). The zero-order valence-electron chi connectivity index (χ0n) is 15.0. The molecule has 7 nitrogen and oxygen atoms in total. The summed E-state index contributed by atoms with van der Waals surface area (Å²) < 4.78 is 4.88. The molecule has 1 aliphatic heterocycles. The molecule has 2 aromatic carbocycles. The van der Waals surface area contributed by atoms with Crippen LogP contribution in [-0.2, 0) is 14.3 Å². The van der Waals surface area contributed by atoms with Gasteiger partial charge >= 0.3 is 5.97 Å². The van der Waals surface area contributed by atoms with Crippen molar-refractivity contribution < 1.29 is 23.9 Å². The molecule has 0 unspecified atom stereocenters. The third-order valence-corrected chi connectivity index (χ3v) is 4.23. The van der Waals surface area contributed by atoms with Crippen LogP contribution in [0.15, 0.2) is 61.2 Å². The van der Waals surface area contributed by atoms with Crippen molar-refractivity contribution in [1.82, 2.24) is 10.2 Å². The molecule has 0 saturated carbocycles. The molecule has 0 spiro atoms. The van der Waals surface area contributed by atoms with Crippen LogP contribution >= 0.6 is 0 Å². The lowest BCUT2D eigenvalue weighted by atomic mass is 10.1. The van der Waals surface area contributed by atoms with Crippen molar-refractivity contribution >= 4 is 29.4 Å². The summed E-state index contributed by atoms with van der Waals surface area (Å²) in [7, 11) is 0. The Kier molecular flexibility index (Phi) is 5.64. The quantitative estimate of drug-likeness (QED) is 0.776. The Bertz CT molecular complexity index is 917. The summed E-state index contributed by atoms with van der Waals surface area (Å²) >= 11 is 0. The molecule has 2 aromatic rings. The summed E-state index contributed by atoms with van der Waals surface area (Å²) in [6.07, 6.45) is -0.0986. The van der Waals surface area contributed by atoms with Gasteiger partial charge in [0.15, 0.2) is 6.61 Å².